The SMILES string of the molecule is Cc1cc(-c2ccccc2)nnc1OCCN(C)C. The van der Waals surface area contributed by atoms with Gasteiger partial charge in [0.2, 0.25) is 5.88 Å². The minimum Gasteiger partial charge on any atom is -0.475 e. The van der Waals surface area contributed by atoms with E-state index in [1.165, 1.54) is 0 Å². The Balaban J connectivity index is 2.09. The van der Waals surface area contributed by atoms with Gasteiger partial charge in [-0.2, -0.15) is 0 Å². The normalized spacial score (nSPS) is 10.7. The Kier molecular flexibility index (Phi) is 4.47. The molecule has 0 aliphatic carbocycles. The van der Waals surface area contributed by atoms with E-state index in [0.29, 0.717) is 12.5 Å². The second kappa shape index (κ2) is 6.29. The lowest BCUT2D eigenvalue weighted by molar-refractivity contribution is 0.250. The quantitative estimate of drug-likeness (QED) is 0.824. The summed E-state index contributed by atoms with van der Waals surface area (Å²) < 4.78 is 5.62. The topological polar surface area (TPSA) is 38.3 Å². The van der Waals surface area contributed by atoms with Crippen LogP contribution in [0.15, 0.2) is 36.4 Å². The Bertz CT molecular complexity index is 526. The number of aromatic nitrogens is 2. The van der Waals surface area contributed by atoms with Gasteiger partial charge < -0.3 is 9.64 Å². The fraction of sp³-hybridized carbons (Fsp3) is 0.333. The number of benzene rings is 1. The molecule has 0 atom stereocenters. The van der Waals surface area contributed by atoms with Crippen molar-refractivity contribution in [3.63, 3.8) is 0 Å². The molecule has 1 aromatic heterocycles. The smallest absolute Gasteiger partial charge is 0.236 e. The highest BCUT2D eigenvalue weighted by atomic mass is 16.5. The van der Waals surface area contributed by atoms with Crippen molar-refractivity contribution in [1.29, 1.82) is 0 Å². The van der Waals surface area contributed by atoms with Crippen molar-refractivity contribution in [3.05, 3.63) is 42.0 Å². The van der Waals surface area contributed by atoms with Gasteiger partial charge in [0.05, 0.1) is 5.69 Å². The number of rotatable bonds is 5. The van der Waals surface area contributed by atoms with Crippen molar-refractivity contribution in [3.8, 4) is 17.1 Å². The van der Waals surface area contributed by atoms with Gasteiger partial charge >= 0.3 is 0 Å². The van der Waals surface area contributed by atoms with Crippen molar-refractivity contribution in [2.45, 2.75) is 6.92 Å². The molecular weight excluding hydrogens is 238 g/mol. The van der Waals surface area contributed by atoms with Gasteiger partial charge in [0.1, 0.15) is 6.61 Å². The van der Waals surface area contributed by atoms with Crippen molar-refractivity contribution >= 4 is 0 Å². The van der Waals surface area contributed by atoms with E-state index < -0.39 is 0 Å². The molecular formula is C15H19N3O. The monoisotopic (exact) mass is 257 g/mol. The Morgan fingerprint density at radius 1 is 1.11 bits per heavy atom. The molecule has 100 valence electrons. The minimum absolute atomic E-state index is 0.613. The Labute approximate surface area is 114 Å². The Morgan fingerprint density at radius 3 is 2.47 bits per heavy atom. The second-order valence-electron chi connectivity index (χ2n) is 4.74. The molecule has 4 nitrogen and oxygen atoms in total. The number of likely N-dealkylation sites (N-methyl/N-ethyl adjacent to an activating group) is 1. The van der Waals surface area contributed by atoms with Gasteiger partial charge in [0.15, 0.2) is 0 Å². The predicted octanol–water partition coefficient (Wildman–Crippen LogP) is 2.39. The number of hydrogen-bond acceptors (Lipinski definition) is 4. The molecule has 1 heterocycles. The van der Waals surface area contributed by atoms with Crippen LogP contribution in [-0.4, -0.2) is 42.3 Å². The Hall–Kier alpha value is -1.94. The van der Waals surface area contributed by atoms with E-state index in [1.54, 1.807) is 0 Å². The molecule has 0 spiro atoms. The van der Waals surface area contributed by atoms with Crippen LogP contribution in [0.3, 0.4) is 0 Å². The predicted molar refractivity (Wildman–Crippen MR) is 76.3 cm³/mol. The number of hydrogen-bond donors (Lipinski definition) is 0. The summed E-state index contributed by atoms with van der Waals surface area (Å²) in [7, 11) is 4.03. The maximum Gasteiger partial charge on any atom is 0.236 e. The van der Waals surface area contributed by atoms with Crippen LogP contribution in [0.4, 0.5) is 0 Å². The van der Waals surface area contributed by atoms with Crippen LogP contribution < -0.4 is 4.74 Å². The molecule has 19 heavy (non-hydrogen) atoms. The molecule has 0 radical (unpaired) electrons. The fourth-order valence-corrected chi connectivity index (χ4v) is 1.69. The lowest BCUT2D eigenvalue weighted by Crippen LogP contribution is -2.20. The van der Waals surface area contributed by atoms with Crippen LogP contribution in [0, 0.1) is 6.92 Å². The third-order valence-electron chi connectivity index (χ3n) is 2.79. The van der Waals surface area contributed by atoms with E-state index in [0.717, 1.165) is 23.4 Å². The lowest BCUT2D eigenvalue weighted by Gasteiger charge is -2.11. The first-order valence-corrected chi connectivity index (χ1v) is 6.34. The summed E-state index contributed by atoms with van der Waals surface area (Å²) in [6, 6.07) is 12.0. The maximum absolute atomic E-state index is 5.62. The zero-order valence-corrected chi connectivity index (χ0v) is 11.6. The lowest BCUT2D eigenvalue weighted by atomic mass is 10.1. The highest BCUT2D eigenvalue weighted by molar-refractivity contribution is 5.59. The minimum atomic E-state index is 0.613. The van der Waals surface area contributed by atoms with E-state index in [4.69, 9.17) is 4.74 Å². The largest absolute Gasteiger partial charge is 0.475 e. The van der Waals surface area contributed by atoms with Crippen molar-refractivity contribution in [1.82, 2.24) is 15.1 Å². The van der Waals surface area contributed by atoms with Crippen molar-refractivity contribution in [2.75, 3.05) is 27.2 Å². The van der Waals surface area contributed by atoms with Gasteiger partial charge in [-0.3, -0.25) is 0 Å². The number of nitrogens with zero attached hydrogens (tertiary/aromatic N) is 3. The molecule has 0 bridgehead atoms. The third kappa shape index (κ3) is 3.76. The van der Waals surface area contributed by atoms with Gasteiger partial charge in [0.25, 0.3) is 0 Å². The van der Waals surface area contributed by atoms with Crippen molar-refractivity contribution < 1.29 is 4.74 Å². The number of ether oxygens (including phenoxy) is 1. The highest BCUT2D eigenvalue weighted by Gasteiger charge is 2.06. The van der Waals surface area contributed by atoms with Crippen LogP contribution in [0.5, 0.6) is 5.88 Å². The molecule has 0 saturated carbocycles. The van der Waals surface area contributed by atoms with E-state index in [9.17, 15) is 0 Å². The van der Waals surface area contributed by atoms with Crippen LogP contribution in [0.25, 0.3) is 11.3 Å². The average Bonchev–Trinajstić information content (AvgIpc) is 2.41. The fourth-order valence-electron chi connectivity index (χ4n) is 1.69. The zero-order chi connectivity index (χ0) is 13.7. The van der Waals surface area contributed by atoms with E-state index >= 15 is 0 Å². The van der Waals surface area contributed by atoms with E-state index in [2.05, 4.69) is 15.1 Å². The second-order valence-corrected chi connectivity index (χ2v) is 4.74. The molecule has 0 amide bonds. The first kappa shape index (κ1) is 13.5. The summed E-state index contributed by atoms with van der Waals surface area (Å²) >= 11 is 0. The van der Waals surface area contributed by atoms with Crippen LogP contribution in [-0.2, 0) is 0 Å². The molecule has 1 aromatic carbocycles. The summed E-state index contributed by atoms with van der Waals surface area (Å²) in [5, 5.41) is 8.38. The molecule has 0 unspecified atom stereocenters. The molecule has 4 heteroatoms. The van der Waals surface area contributed by atoms with Crippen molar-refractivity contribution in [2.24, 2.45) is 0 Å². The van der Waals surface area contributed by atoms with Gasteiger partial charge in [-0.25, -0.2) is 0 Å². The molecule has 0 aliphatic heterocycles. The average molecular weight is 257 g/mol. The summed E-state index contributed by atoms with van der Waals surface area (Å²) in [5.41, 5.74) is 2.95. The van der Waals surface area contributed by atoms with E-state index in [-0.39, 0.29) is 0 Å². The molecule has 0 saturated heterocycles. The molecule has 0 N–H and O–H groups in total. The summed E-state index contributed by atoms with van der Waals surface area (Å²) in [5.74, 6) is 0.613. The third-order valence-corrected chi connectivity index (χ3v) is 2.79. The first-order chi connectivity index (χ1) is 9.16. The maximum atomic E-state index is 5.62. The van der Waals surface area contributed by atoms with E-state index in [1.807, 2.05) is 57.4 Å². The van der Waals surface area contributed by atoms with Crippen LogP contribution in [0.2, 0.25) is 0 Å². The molecule has 2 aromatic rings. The van der Waals surface area contributed by atoms with Gasteiger partial charge in [-0.1, -0.05) is 30.3 Å². The summed E-state index contributed by atoms with van der Waals surface area (Å²) in [6.07, 6.45) is 0. The summed E-state index contributed by atoms with van der Waals surface area (Å²) in [4.78, 5) is 2.07. The van der Waals surface area contributed by atoms with Gasteiger partial charge in [-0.05, 0) is 27.1 Å². The highest BCUT2D eigenvalue weighted by Crippen LogP contribution is 2.20. The molecule has 2 rings (SSSR count). The first-order valence-electron chi connectivity index (χ1n) is 6.34. The zero-order valence-electron chi connectivity index (χ0n) is 11.6. The Morgan fingerprint density at radius 2 is 1.84 bits per heavy atom. The van der Waals surface area contributed by atoms with Gasteiger partial charge in [0, 0.05) is 17.7 Å². The molecule has 0 fully saturated rings. The van der Waals surface area contributed by atoms with Gasteiger partial charge in [-0.15, -0.1) is 10.2 Å². The van der Waals surface area contributed by atoms with Crippen LogP contribution >= 0.6 is 0 Å². The standard InChI is InChI=1S/C15H19N3O/c1-12-11-14(13-7-5-4-6-8-13)16-17-15(12)19-10-9-18(2)3/h4-8,11H,9-10H2,1-3H3. The van der Waals surface area contributed by atoms with Crippen LogP contribution in [0.1, 0.15) is 5.56 Å². The number of aryl methyl sites for hydroxylation is 1. The summed E-state index contributed by atoms with van der Waals surface area (Å²) in [6.45, 7) is 3.47. The molecule has 0 aliphatic rings.